The average Bonchev–Trinajstić information content (AvgIpc) is 2.37. The average molecular weight is 248 g/mol. The van der Waals surface area contributed by atoms with E-state index in [0.717, 1.165) is 25.2 Å². The van der Waals surface area contributed by atoms with E-state index in [1.54, 1.807) is 6.92 Å². The molecule has 18 heavy (non-hydrogen) atoms. The summed E-state index contributed by atoms with van der Waals surface area (Å²) in [5.74, 6) is 1.17. The Morgan fingerprint density at radius 1 is 1.11 bits per heavy atom. The molecule has 2 heteroatoms. The number of carbonyl (C=O) groups is 1. The van der Waals surface area contributed by atoms with Crippen molar-refractivity contribution < 1.29 is 9.53 Å². The van der Waals surface area contributed by atoms with Gasteiger partial charge in [-0.3, -0.25) is 0 Å². The van der Waals surface area contributed by atoms with Crippen LogP contribution in [0.25, 0.3) is 0 Å². The molecule has 0 amide bonds. The van der Waals surface area contributed by atoms with Gasteiger partial charge in [0.2, 0.25) is 0 Å². The highest BCUT2D eigenvalue weighted by Crippen LogP contribution is 2.14. The maximum Gasteiger partial charge on any atom is 0.130 e. The van der Waals surface area contributed by atoms with E-state index in [-0.39, 0.29) is 5.78 Å². The number of ketones is 1. The minimum absolute atomic E-state index is 0.242. The van der Waals surface area contributed by atoms with E-state index in [0.29, 0.717) is 6.42 Å². The zero-order chi connectivity index (χ0) is 13.2. The Labute approximate surface area is 110 Å². The fourth-order valence-corrected chi connectivity index (χ4v) is 1.79. The van der Waals surface area contributed by atoms with Gasteiger partial charge in [0.1, 0.15) is 11.5 Å². The summed E-state index contributed by atoms with van der Waals surface area (Å²) in [6.45, 7) is 4.64. The lowest BCUT2D eigenvalue weighted by molar-refractivity contribution is -0.116. The first-order chi connectivity index (χ1) is 8.72. The molecule has 0 atom stereocenters. The van der Waals surface area contributed by atoms with Crippen molar-refractivity contribution in [2.24, 2.45) is 0 Å². The lowest BCUT2D eigenvalue weighted by Gasteiger charge is -2.06. The number of carbonyl (C=O) groups excluding carboxylic acids is 1. The molecule has 0 aromatic heterocycles. The Morgan fingerprint density at radius 2 is 1.83 bits per heavy atom. The van der Waals surface area contributed by atoms with Crippen LogP contribution in [0.4, 0.5) is 0 Å². The maximum absolute atomic E-state index is 10.9. The zero-order valence-corrected chi connectivity index (χ0v) is 11.6. The van der Waals surface area contributed by atoms with Crippen molar-refractivity contribution in [3.8, 4) is 5.75 Å². The summed E-state index contributed by atoms with van der Waals surface area (Å²) in [4.78, 5) is 10.9. The number of rotatable bonds is 9. The summed E-state index contributed by atoms with van der Waals surface area (Å²) >= 11 is 0. The lowest BCUT2D eigenvalue weighted by Crippen LogP contribution is -1.98. The lowest BCUT2D eigenvalue weighted by atomic mass is 10.1. The van der Waals surface area contributed by atoms with Crippen molar-refractivity contribution in [2.45, 2.75) is 52.4 Å². The number of unbranched alkanes of at least 4 members (excludes halogenated alkanes) is 3. The molecule has 1 rings (SSSR count). The molecule has 1 aromatic carbocycles. The predicted molar refractivity (Wildman–Crippen MR) is 75.1 cm³/mol. The van der Waals surface area contributed by atoms with Crippen molar-refractivity contribution in [1.82, 2.24) is 0 Å². The second-order valence-corrected chi connectivity index (χ2v) is 4.76. The van der Waals surface area contributed by atoms with Crippen LogP contribution in [-0.4, -0.2) is 12.4 Å². The quantitative estimate of drug-likeness (QED) is 0.613. The van der Waals surface area contributed by atoms with E-state index in [4.69, 9.17) is 4.74 Å². The van der Waals surface area contributed by atoms with Crippen LogP contribution in [0.15, 0.2) is 24.3 Å². The van der Waals surface area contributed by atoms with Crippen molar-refractivity contribution in [3.05, 3.63) is 29.8 Å². The van der Waals surface area contributed by atoms with Gasteiger partial charge in [0.05, 0.1) is 6.61 Å². The van der Waals surface area contributed by atoms with Crippen molar-refractivity contribution in [2.75, 3.05) is 6.61 Å². The van der Waals surface area contributed by atoms with Gasteiger partial charge in [0.15, 0.2) is 0 Å². The number of hydrogen-bond acceptors (Lipinski definition) is 2. The first-order valence-electron chi connectivity index (χ1n) is 6.93. The molecule has 0 heterocycles. The molecule has 0 bridgehead atoms. The van der Waals surface area contributed by atoms with Crippen LogP contribution in [0.5, 0.6) is 5.75 Å². The monoisotopic (exact) mass is 248 g/mol. The number of Topliss-reactive ketones (excluding diaryl/α,β-unsaturated/α-hetero) is 1. The van der Waals surface area contributed by atoms with Crippen LogP contribution in [0.2, 0.25) is 0 Å². The van der Waals surface area contributed by atoms with E-state index in [9.17, 15) is 4.79 Å². The number of ether oxygens (including phenoxy) is 1. The first-order valence-corrected chi connectivity index (χ1v) is 6.93. The second kappa shape index (κ2) is 8.73. The smallest absolute Gasteiger partial charge is 0.130 e. The largest absolute Gasteiger partial charge is 0.494 e. The second-order valence-electron chi connectivity index (χ2n) is 4.76. The van der Waals surface area contributed by atoms with E-state index < -0.39 is 0 Å². The topological polar surface area (TPSA) is 26.3 Å². The Kier molecular flexibility index (Phi) is 7.16. The zero-order valence-electron chi connectivity index (χ0n) is 11.6. The number of aryl methyl sites for hydroxylation is 1. The Bertz CT molecular complexity index is 341. The van der Waals surface area contributed by atoms with E-state index in [1.807, 2.05) is 24.3 Å². The molecule has 0 aliphatic carbocycles. The summed E-state index contributed by atoms with van der Waals surface area (Å²) in [6, 6.07) is 8.08. The van der Waals surface area contributed by atoms with Gasteiger partial charge in [0, 0.05) is 6.42 Å². The Morgan fingerprint density at radius 3 is 2.44 bits per heavy atom. The standard InChI is InChI=1S/C16H24O2/c1-3-4-5-6-13-18-16-11-9-15(10-12-16)8-7-14(2)17/h9-12H,3-8,13H2,1-2H3. The van der Waals surface area contributed by atoms with Crippen LogP contribution < -0.4 is 4.74 Å². The van der Waals surface area contributed by atoms with Crippen molar-refractivity contribution >= 4 is 5.78 Å². The molecule has 0 unspecified atom stereocenters. The summed E-state index contributed by atoms with van der Waals surface area (Å²) in [5.41, 5.74) is 1.20. The minimum Gasteiger partial charge on any atom is -0.494 e. The van der Waals surface area contributed by atoms with Crippen LogP contribution in [0, 0.1) is 0 Å². The van der Waals surface area contributed by atoms with E-state index in [2.05, 4.69) is 6.92 Å². The van der Waals surface area contributed by atoms with Crippen molar-refractivity contribution in [1.29, 1.82) is 0 Å². The van der Waals surface area contributed by atoms with Gasteiger partial charge in [-0.1, -0.05) is 38.3 Å². The van der Waals surface area contributed by atoms with Crippen LogP contribution >= 0.6 is 0 Å². The van der Waals surface area contributed by atoms with Gasteiger partial charge < -0.3 is 9.53 Å². The molecular weight excluding hydrogens is 224 g/mol. The number of hydrogen-bond donors (Lipinski definition) is 0. The molecule has 0 N–H and O–H groups in total. The highest BCUT2D eigenvalue weighted by molar-refractivity contribution is 5.75. The first kappa shape index (κ1) is 14.7. The van der Waals surface area contributed by atoms with Gasteiger partial charge in [-0.05, 0) is 37.5 Å². The van der Waals surface area contributed by atoms with Gasteiger partial charge in [0.25, 0.3) is 0 Å². The Balaban J connectivity index is 2.25. The fourth-order valence-electron chi connectivity index (χ4n) is 1.79. The van der Waals surface area contributed by atoms with Gasteiger partial charge in [-0.2, -0.15) is 0 Å². The Hall–Kier alpha value is -1.31. The number of benzene rings is 1. The van der Waals surface area contributed by atoms with Gasteiger partial charge in [-0.25, -0.2) is 0 Å². The molecule has 0 aliphatic heterocycles. The molecular formula is C16H24O2. The van der Waals surface area contributed by atoms with Gasteiger partial charge >= 0.3 is 0 Å². The van der Waals surface area contributed by atoms with Crippen LogP contribution in [-0.2, 0) is 11.2 Å². The molecule has 100 valence electrons. The summed E-state index contributed by atoms with van der Waals surface area (Å²) in [5, 5.41) is 0. The third kappa shape index (κ3) is 6.43. The maximum atomic E-state index is 10.9. The molecule has 0 saturated heterocycles. The fraction of sp³-hybridized carbons (Fsp3) is 0.562. The normalized spacial score (nSPS) is 10.3. The summed E-state index contributed by atoms with van der Waals surface area (Å²) in [7, 11) is 0. The molecule has 1 aromatic rings. The summed E-state index contributed by atoms with van der Waals surface area (Å²) in [6.07, 6.45) is 6.36. The molecule has 0 spiro atoms. The summed E-state index contributed by atoms with van der Waals surface area (Å²) < 4.78 is 5.67. The molecule has 0 saturated carbocycles. The van der Waals surface area contributed by atoms with E-state index >= 15 is 0 Å². The predicted octanol–water partition coefficient (Wildman–Crippen LogP) is 4.17. The van der Waals surface area contributed by atoms with Crippen LogP contribution in [0.3, 0.4) is 0 Å². The third-order valence-corrected chi connectivity index (χ3v) is 2.96. The molecule has 0 aliphatic rings. The van der Waals surface area contributed by atoms with Crippen LogP contribution in [0.1, 0.15) is 51.5 Å². The van der Waals surface area contributed by atoms with E-state index in [1.165, 1.54) is 24.8 Å². The van der Waals surface area contributed by atoms with Gasteiger partial charge in [-0.15, -0.1) is 0 Å². The highest BCUT2D eigenvalue weighted by atomic mass is 16.5. The molecule has 2 nitrogen and oxygen atoms in total. The van der Waals surface area contributed by atoms with Crippen molar-refractivity contribution in [3.63, 3.8) is 0 Å². The minimum atomic E-state index is 0.242. The SMILES string of the molecule is CCCCCCOc1ccc(CCC(C)=O)cc1. The highest BCUT2D eigenvalue weighted by Gasteiger charge is 1.98. The molecule has 0 radical (unpaired) electrons. The molecule has 0 fully saturated rings. The third-order valence-electron chi connectivity index (χ3n) is 2.96.